The third kappa shape index (κ3) is 6.48. The number of nitrogens with one attached hydrogen (secondary N) is 1. The largest absolute Gasteiger partial charge is 0.369 e. The van der Waals surface area contributed by atoms with Crippen molar-refractivity contribution < 1.29 is 9.59 Å². The van der Waals surface area contributed by atoms with Crippen LogP contribution >= 0.6 is 0 Å². The Balaban J connectivity index is 1.19. The van der Waals surface area contributed by atoms with Crippen molar-refractivity contribution in [2.75, 3.05) is 49.2 Å². The fraction of sp³-hybridized carbons (Fsp3) is 0.464. The molecule has 7 heteroatoms. The van der Waals surface area contributed by atoms with E-state index in [2.05, 4.69) is 51.4 Å². The first kappa shape index (κ1) is 24.9. The summed E-state index contributed by atoms with van der Waals surface area (Å²) in [4.78, 5) is 30.1. The first-order chi connectivity index (χ1) is 16.9. The number of aryl methyl sites for hydroxylation is 3. The lowest BCUT2D eigenvalue weighted by molar-refractivity contribution is -0.119. The van der Waals surface area contributed by atoms with Crippen LogP contribution < -0.4 is 15.2 Å². The first-order valence-electron chi connectivity index (χ1n) is 12.7. The number of carbonyl (C=O) groups is 2. The van der Waals surface area contributed by atoms with Gasteiger partial charge in [-0.05, 0) is 75.0 Å². The molecule has 0 bridgehead atoms. The molecule has 4 rings (SSSR count). The maximum absolute atomic E-state index is 12.7. The Morgan fingerprint density at radius 3 is 2.49 bits per heavy atom. The first-order valence-corrected chi connectivity index (χ1v) is 12.7. The number of amides is 2. The molecule has 0 saturated carbocycles. The molecule has 0 atom stereocenters. The molecule has 2 amide bonds. The van der Waals surface area contributed by atoms with E-state index in [1.165, 1.54) is 16.3 Å². The molecule has 2 aromatic rings. The highest BCUT2D eigenvalue weighted by molar-refractivity contribution is 6.40. The average Bonchev–Trinajstić information content (AvgIpc) is 2.86. The standard InChI is InChI=1S/C28H37N5O2/c1-21-7-6-8-24(19-21)32-17-15-31(16-18-32)14-5-4-13-29-28(35)25-11-12-27(34)33(30-25)26-20-22(2)9-10-23(26)3/h6-10,19-20H,4-5,11-18H2,1-3H3,(H,29,35). The summed E-state index contributed by atoms with van der Waals surface area (Å²) in [5, 5.41) is 8.82. The SMILES string of the molecule is Cc1cccc(N2CCN(CCCCNC(=O)C3=NN(c4cc(C)ccc4C)C(=O)CC3)CC2)c1. The fourth-order valence-electron chi connectivity index (χ4n) is 4.67. The molecule has 0 radical (unpaired) electrons. The van der Waals surface area contributed by atoms with Gasteiger partial charge in [-0.25, -0.2) is 5.01 Å². The van der Waals surface area contributed by atoms with Gasteiger partial charge < -0.3 is 10.2 Å². The van der Waals surface area contributed by atoms with E-state index in [0.29, 0.717) is 25.1 Å². The molecule has 0 aliphatic carbocycles. The van der Waals surface area contributed by atoms with Crippen molar-refractivity contribution in [1.82, 2.24) is 10.2 Å². The Morgan fingerprint density at radius 2 is 1.71 bits per heavy atom. The van der Waals surface area contributed by atoms with Crippen LogP contribution in [0, 0.1) is 20.8 Å². The highest BCUT2D eigenvalue weighted by atomic mass is 16.2. The zero-order chi connectivity index (χ0) is 24.8. The summed E-state index contributed by atoms with van der Waals surface area (Å²) in [6.07, 6.45) is 2.66. The van der Waals surface area contributed by atoms with E-state index < -0.39 is 0 Å². The highest BCUT2D eigenvalue weighted by Crippen LogP contribution is 2.25. The van der Waals surface area contributed by atoms with Gasteiger partial charge >= 0.3 is 0 Å². The van der Waals surface area contributed by atoms with E-state index in [1.807, 2.05) is 32.0 Å². The minimum atomic E-state index is -0.167. The Kier molecular flexibility index (Phi) is 8.18. The van der Waals surface area contributed by atoms with Gasteiger partial charge in [-0.2, -0.15) is 5.10 Å². The molecular weight excluding hydrogens is 438 g/mol. The van der Waals surface area contributed by atoms with E-state index in [9.17, 15) is 9.59 Å². The third-order valence-electron chi connectivity index (χ3n) is 6.81. The maximum Gasteiger partial charge on any atom is 0.267 e. The van der Waals surface area contributed by atoms with Gasteiger partial charge in [-0.1, -0.05) is 24.3 Å². The summed E-state index contributed by atoms with van der Waals surface area (Å²) >= 11 is 0. The van der Waals surface area contributed by atoms with Gasteiger partial charge in [0, 0.05) is 51.3 Å². The molecule has 2 heterocycles. The summed E-state index contributed by atoms with van der Waals surface area (Å²) < 4.78 is 0. The summed E-state index contributed by atoms with van der Waals surface area (Å²) in [5.41, 5.74) is 5.82. The van der Waals surface area contributed by atoms with Crippen LogP contribution in [0.5, 0.6) is 0 Å². The van der Waals surface area contributed by atoms with Crippen molar-refractivity contribution in [3.8, 4) is 0 Å². The van der Waals surface area contributed by atoms with Crippen LogP contribution in [0.25, 0.3) is 0 Å². The molecule has 0 spiro atoms. The van der Waals surface area contributed by atoms with Gasteiger partial charge in [0.2, 0.25) is 5.91 Å². The quantitative estimate of drug-likeness (QED) is 0.590. The van der Waals surface area contributed by atoms with Crippen LogP contribution in [0.3, 0.4) is 0 Å². The molecule has 35 heavy (non-hydrogen) atoms. The van der Waals surface area contributed by atoms with Crippen molar-refractivity contribution in [3.05, 3.63) is 59.2 Å². The lowest BCUT2D eigenvalue weighted by Gasteiger charge is -2.36. The highest BCUT2D eigenvalue weighted by Gasteiger charge is 2.26. The zero-order valence-corrected chi connectivity index (χ0v) is 21.2. The van der Waals surface area contributed by atoms with Crippen LogP contribution in [0.15, 0.2) is 47.6 Å². The minimum Gasteiger partial charge on any atom is -0.369 e. The molecule has 2 aliphatic heterocycles. The summed E-state index contributed by atoms with van der Waals surface area (Å²) in [6, 6.07) is 14.6. The predicted octanol–water partition coefficient (Wildman–Crippen LogP) is 3.81. The summed E-state index contributed by atoms with van der Waals surface area (Å²) in [5.74, 6) is -0.239. The van der Waals surface area contributed by atoms with E-state index in [0.717, 1.165) is 62.4 Å². The monoisotopic (exact) mass is 475 g/mol. The van der Waals surface area contributed by atoms with Crippen molar-refractivity contribution in [2.45, 2.75) is 46.5 Å². The van der Waals surface area contributed by atoms with Crippen molar-refractivity contribution >= 4 is 28.9 Å². The van der Waals surface area contributed by atoms with Crippen molar-refractivity contribution in [1.29, 1.82) is 0 Å². The lowest BCUT2D eigenvalue weighted by atomic mass is 10.1. The van der Waals surface area contributed by atoms with Crippen LogP contribution in [0.1, 0.15) is 42.4 Å². The van der Waals surface area contributed by atoms with Gasteiger partial charge in [-0.3, -0.25) is 14.5 Å². The molecule has 1 N–H and O–H groups in total. The minimum absolute atomic E-state index is 0.0715. The Bertz CT molecular complexity index is 1090. The van der Waals surface area contributed by atoms with Gasteiger partial charge in [0.05, 0.1) is 5.69 Å². The van der Waals surface area contributed by atoms with E-state index in [1.54, 1.807) is 0 Å². The number of hydrazone groups is 1. The predicted molar refractivity (Wildman–Crippen MR) is 142 cm³/mol. The van der Waals surface area contributed by atoms with Crippen molar-refractivity contribution in [2.24, 2.45) is 5.10 Å². The summed E-state index contributed by atoms with van der Waals surface area (Å²) in [7, 11) is 0. The normalized spacial score (nSPS) is 16.9. The fourth-order valence-corrected chi connectivity index (χ4v) is 4.67. The van der Waals surface area contributed by atoms with Crippen molar-refractivity contribution in [3.63, 3.8) is 0 Å². The second kappa shape index (κ2) is 11.5. The number of piperazine rings is 1. The van der Waals surface area contributed by atoms with Gasteiger partial charge in [-0.15, -0.1) is 0 Å². The number of unbranched alkanes of at least 4 members (excludes halogenated alkanes) is 1. The second-order valence-corrected chi connectivity index (χ2v) is 9.67. The Morgan fingerprint density at radius 1 is 0.943 bits per heavy atom. The maximum atomic E-state index is 12.7. The molecule has 7 nitrogen and oxygen atoms in total. The number of benzene rings is 2. The van der Waals surface area contributed by atoms with Gasteiger partial charge in [0.1, 0.15) is 5.71 Å². The zero-order valence-electron chi connectivity index (χ0n) is 21.2. The number of rotatable bonds is 8. The van der Waals surface area contributed by atoms with Crippen LogP contribution in [0.4, 0.5) is 11.4 Å². The molecule has 0 aromatic heterocycles. The summed E-state index contributed by atoms with van der Waals surface area (Å²) in [6.45, 7) is 12.0. The van der Waals surface area contributed by atoms with Crippen LogP contribution in [-0.4, -0.2) is 61.7 Å². The van der Waals surface area contributed by atoms with E-state index >= 15 is 0 Å². The number of hydrogen-bond donors (Lipinski definition) is 1. The number of carbonyl (C=O) groups excluding carboxylic acids is 2. The topological polar surface area (TPSA) is 68.2 Å². The number of hydrogen-bond acceptors (Lipinski definition) is 5. The molecule has 186 valence electrons. The second-order valence-electron chi connectivity index (χ2n) is 9.67. The number of anilines is 2. The molecule has 1 saturated heterocycles. The third-order valence-corrected chi connectivity index (χ3v) is 6.81. The van der Waals surface area contributed by atoms with Crippen LogP contribution in [0.2, 0.25) is 0 Å². The van der Waals surface area contributed by atoms with E-state index in [-0.39, 0.29) is 11.8 Å². The van der Waals surface area contributed by atoms with Gasteiger partial charge in [0.15, 0.2) is 0 Å². The molecule has 1 fully saturated rings. The van der Waals surface area contributed by atoms with Gasteiger partial charge in [0.25, 0.3) is 5.91 Å². The van der Waals surface area contributed by atoms with Crippen LogP contribution in [-0.2, 0) is 9.59 Å². The Labute approximate surface area is 208 Å². The van der Waals surface area contributed by atoms with E-state index in [4.69, 9.17) is 0 Å². The molecular formula is C28H37N5O2. The average molecular weight is 476 g/mol. The lowest BCUT2D eigenvalue weighted by Crippen LogP contribution is -2.46. The molecule has 2 aromatic carbocycles. The Hall–Kier alpha value is -3.19. The number of nitrogens with zero attached hydrogens (tertiary/aromatic N) is 4. The molecule has 2 aliphatic rings. The molecule has 0 unspecified atom stereocenters. The smallest absolute Gasteiger partial charge is 0.267 e.